The lowest BCUT2D eigenvalue weighted by atomic mass is 10.3. The number of nitrogens with zero attached hydrogens (tertiary/aromatic N) is 4. The van der Waals surface area contributed by atoms with E-state index >= 15 is 0 Å². The summed E-state index contributed by atoms with van der Waals surface area (Å²) in [6, 6.07) is 0. The molecular formula is C11H11Cl2F3N4O3. The van der Waals surface area contributed by atoms with Gasteiger partial charge in [-0.05, 0) is 11.6 Å². The van der Waals surface area contributed by atoms with Gasteiger partial charge in [-0.2, -0.15) is 18.3 Å². The molecule has 1 atom stereocenters. The number of alkyl halides is 3. The summed E-state index contributed by atoms with van der Waals surface area (Å²) in [5.74, 6) is 0. The third kappa shape index (κ3) is 4.42. The first kappa shape index (κ1) is 18.1. The summed E-state index contributed by atoms with van der Waals surface area (Å²) >= 11 is 11.7. The average molecular weight is 375 g/mol. The molecule has 0 radical (unpaired) electrons. The highest BCUT2D eigenvalue weighted by Gasteiger charge is 2.27. The Balaban J connectivity index is 2.29. The number of fused-ring (bicyclic) bond motifs is 1. The van der Waals surface area contributed by atoms with Crippen LogP contribution in [-0.4, -0.2) is 51.4 Å². The summed E-state index contributed by atoms with van der Waals surface area (Å²) < 4.78 is 46.6. The van der Waals surface area contributed by atoms with E-state index < -0.39 is 19.1 Å². The topological polar surface area (TPSA) is 82.3 Å². The number of methoxy groups -OCH3 is 1. The van der Waals surface area contributed by atoms with E-state index in [2.05, 4.69) is 19.8 Å². The summed E-state index contributed by atoms with van der Waals surface area (Å²) in [4.78, 5) is 7.66. The van der Waals surface area contributed by atoms with E-state index in [9.17, 15) is 18.3 Å². The summed E-state index contributed by atoms with van der Waals surface area (Å²) in [6.45, 7) is -1.72. The second-order valence-electron chi connectivity index (χ2n) is 4.34. The Hall–Kier alpha value is -1.20. The third-order valence-electron chi connectivity index (χ3n) is 2.71. The van der Waals surface area contributed by atoms with Gasteiger partial charge in [-0.3, -0.25) is 4.68 Å². The third-order valence-corrected chi connectivity index (χ3v) is 3.15. The minimum atomic E-state index is -4.42. The number of aliphatic hydroxyl groups excluding tert-OH is 1. The standard InChI is InChI=1S/C11H11Cl2F3N4O3/c1-22-9(21)6-5-7(8(12)18-10(13)17-5)20(19-6)2-3-23-4-11(14,15)16/h9,21H,2-4H2,1H3. The molecule has 23 heavy (non-hydrogen) atoms. The van der Waals surface area contributed by atoms with Crippen molar-refractivity contribution < 1.29 is 27.8 Å². The average Bonchev–Trinajstić information content (AvgIpc) is 2.80. The van der Waals surface area contributed by atoms with Gasteiger partial charge in [0.1, 0.15) is 23.3 Å². The van der Waals surface area contributed by atoms with Crippen molar-refractivity contribution in [1.29, 1.82) is 0 Å². The molecule has 0 aliphatic rings. The number of hydrogen-bond acceptors (Lipinski definition) is 6. The maximum absolute atomic E-state index is 12.0. The molecule has 0 aliphatic heterocycles. The van der Waals surface area contributed by atoms with Crippen LogP contribution >= 0.6 is 23.2 Å². The fraction of sp³-hybridized carbons (Fsp3) is 0.545. The molecule has 0 bridgehead atoms. The molecule has 0 aliphatic carbocycles. The molecule has 2 aromatic heterocycles. The van der Waals surface area contributed by atoms with Crippen LogP contribution in [0.25, 0.3) is 11.0 Å². The van der Waals surface area contributed by atoms with Crippen molar-refractivity contribution in [3.05, 3.63) is 16.1 Å². The summed E-state index contributed by atoms with van der Waals surface area (Å²) in [5, 5.41) is 13.6. The number of ether oxygens (including phenoxy) is 2. The Morgan fingerprint density at radius 3 is 2.61 bits per heavy atom. The Bertz CT molecular complexity index is 695. The highest BCUT2D eigenvalue weighted by atomic mass is 35.5. The molecule has 128 valence electrons. The van der Waals surface area contributed by atoms with Gasteiger partial charge in [0.05, 0.1) is 13.2 Å². The van der Waals surface area contributed by atoms with Crippen LogP contribution in [0.5, 0.6) is 0 Å². The highest BCUT2D eigenvalue weighted by Crippen LogP contribution is 2.28. The predicted molar refractivity (Wildman–Crippen MR) is 74.2 cm³/mol. The maximum atomic E-state index is 12.0. The zero-order valence-corrected chi connectivity index (χ0v) is 13.2. The molecule has 0 saturated heterocycles. The normalized spacial score (nSPS) is 13.7. The predicted octanol–water partition coefficient (Wildman–Crippen LogP) is 2.35. The maximum Gasteiger partial charge on any atom is 0.411 e. The van der Waals surface area contributed by atoms with Gasteiger partial charge < -0.3 is 14.6 Å². The van der Waals surface area contributed by atoms with Crippen LogP contribution in [0.2, 0.25) is 10.4 Å². The Labute approximate surface area is 137 Å². The molecule has 2 heterocycles. The van der Waals surface area contributed by atoms with Gasteiger partial charge in [0, 0.05) is 7.11 Å². The van der Waals surface area contributed by atoms with E-state index in [0.717, 1.165) is 0 Å². The van der Waals surface area contributed by atoms with Gasteiger partial charge in [-0.15, -0.1) is 0 Å². The zero-order chi connectivity index (χ0) is 17.2. The van der Waals surface area contributed by atoms with Crippen molar-refractivity contribution in [2.75, 3.05) is 20.3 Å². The van der Waals surface area contributed by atoms with E-state index in [-0.39, 0.29) is 40.3 Å². The number of rotatable bonds is 6. The number of aromatic nitrogens is 4. The van der Waals surface area contributed by atoms with Crippen molar-refractivity contribution in [3.63, 3.8) is 0 Å². The molecule has 0 saturated carbocycles. The fourth-order valence-corrected chi connectivity index (χ4v) is 2.29. The van der Waals surface area contributed by atoms with Gasteiger partial charge in [0.25, 0.3) is 0 Å². The van der Waals surface area contributed by atoms with Crippen LogP contribution in [-0.2, 0) is 16.0 Å². The number of aliphatic hydroxyl groups is 1. The smallest absolute Gasteiger partial charge is 0.370 e. The van der Waals surface area contributed by atoms with E-state index in [1.54, 1.807) is 0 Å². The van der Waals surface area contributed by atoms with Crippen LogP contribution in [0, 0.1) is 0 Å². The SMILES string of the molecule is COC(O)c1nn(CCOCC(F)(F)F)c2c(Cl)nc(Cl)nc12. The van der Waals surface area contributed by atoms with Gasteiger partial charge in [-0.25, -0.2) is 9.97 Å². The summed E-state index contributed by atoms with van der Waals surface area (Å²) in [5.41, 5.74) is 0.363. The molecule has 2 aromatic rings. The second kappa shape index (κ2) is 7.14. The first-order valence-electron chi connectivity index (χ1n) is 6.17. The summed E-state index contributed by atoms with van der Waals surface area (Å²) in [7, 11) is 1.24. The van der Waals surface area contributed by atoms with Crippen LogP contribution in [0.15, 0.2) is 0 Å². The molecule has 1 unspecified atom stereocenters. The fourth-order valence-electron chi connectivity index (χ4n) is 1.82. The first-order chi connectivity index (χ1) is 10.7. The van der Waals surface area contributed by atoms with E-state index in [1.165, 1.54) is 11.8 Å². The zero-order valence-electron chi connectivity index (χ0n) is 11.6. The second-order valence-corrected chi connectivity index (χ2v) is 5.04. The molecule has 0 aromatic carbocycles. The number of halogens is 5. The Morgan fingerprint density at radius 2 is 2.00 bits per heavy atom. The van der Waals surface area contributed by atoms with Gasteiger partial charge in [0.15, 0.2) is 5.15 Å². The molecule has 0 fully saturated rings. The highest BCUT2D eigenvalue weighted by molar-refractivity contribution is 6.35. The Morgan fingerprint density at radius 1 is 1.30 bits per heavy atom. The van der Waals surface area contributed by atoms with Crippen molar-refractivity contribution >= 4 is 34.2 Å². The molecule has 12 heteroatoms. The minimum absolute atomic E-state index is 0.0181. The van der Waals surface area contributed by atoms with Crippen molar-refractivity contribution in [2.24, 2.45) is 0 Å². The minimum Gasteiger partial charge on any atom is -0.370 e. The van der Waals surface area contributed by atoms with Gasteiger partial charge in [-0.1, -0.05) is 11.6 Å². The van der Waals surface area contributed by atoms with Crippen LogP contribution < -0.4 is 0 Å². The lowest BCUT2D eigenvalue weighted by Crippen LogP contribution is -2.19. The Kier molecular flexibility index (Phi) is 5.63. The lowest BCUT2D eigenvalue weighted by molar-refractivity contribution is -0.174. The van der Waals surface area contributed by atoms with E-state index in [0.29, 0.717) is 0 Å². The van der Waals surface area contributed by atoms with E-state index in [4.69, 9.17) is 27.9 Å². The lowest BCUT2D eigenvalue weighted by Gasteiger charge is -2.08. The van der Waals surface area contributed by atoms with Gasteiger partial charge in [0.2, 0.25) is 11.6 Å². The van der Waals surface area contributed by atoms with Crippen LogP contribution in [0.1, 0.15) is 12.0 Å². The molecular weight excluding hydrogens is 364 g/mol. The molecule has 2 rings (SSSR count). The van der Waals surface area contributed by atoms with E-state index in [1.807, 2.05) is 0 Å². The molecule has 0 amide bonds. The molecule has 0 spiro atoms. The van der Waals surface area contributed by atoms with Gasteiger partial charge >= 0.3 is 6.18 Å². The first-order valence-corrected chi connectivity index (χ1v) is 6.93. The van der Waals surface area contributed by atoms with Crippen molar-refractivity contribution in [2.45, 2.75) is 19.0 Å². The van der Waals surface area contributed by atoms with Crippen LogP contribution in [0.4, 0.5) is 13.2 Å². The molecule has 7 nitrogen and oxygen atoms in total. The van der Waals surface area contributed by atoms with Crippen molar-refractivity contribution in [3.8, 4) is 0 Å². The number of hydrogen-bond donors (Lipinski definition) is 1. The monoisotopic (exact) mass is 374 g/mol. The molecule has 1 N–H and O–H groups in total. The summed E-state index contributed by atoms with van der Waals surface area (Å²) in [6.07, 6.45) is -5.82. The largest absolute Gasteiger partial charge is 0.411 e. The van der Waals surface area contributed by atoms with Crippen molar-refractivity contribution in [1.82, 2.24) is 19.7 Å². The van der Waals surface area contributed by atoms with Crippen LogP contribution in [0.3, 0.4) is 0 Å². The quantitative estimate of drug-likeness (QED) is 0.361.